The zero-order chi connectivity index (χ0) is 9.80. The van der Waals surface area contributed by atoms with E-state index in [4.69, 9.17) is 5.73 Å². The summed E-state index contributed by atoms with van der Waals surface area (Å²) in [6, 6.07) is 14.8. The minimum Gasteiger partial charge on any atom is -0.330 e. The molecule has 0 amide bonds. The van der Waals surface area contributed by atoms with E-state index in [9.17, 15) is 0 Å². The Labute approximate surface area is 88.3 Å². The summed E-state index contributed by atoms with van der Waals surface area (Å²) in [5.74, 6) is 0.980. The molecule has 2 aromatic carbocycles. The Balaban J connectivity index is 2.43. The Morgan fingerprint density at radius 3 is 2.64 bits per heavy atom. The van der Waals surface area contributed by atoms with Gasteiger partial charge in [0.05, 0.1) is 0 Å². The summed E-state index contributed by atoms with van der Waals surface area (Å²) < 4.78 is 0. The molecule has 1 nitrogen and oxygen atoms in total. The van der Waals surface area contributed by atoms with Gasteiger partial charge in [0, 0.05) is 17.2 Å². The number of benzene rings is 2. The zero-order valence-electron chi connectivity index (χ0n) is 7.94. The van der Waals surface area contributed by atoms with Gasteiger partial charge in [-0.05, 0) is 16.8 Å². The molecule has 0 saturated carbocycles. The second kappa shape index (κ2) is 4.49. The van der Waals surface area contributed by atoms with Crippen molar-refractivity contribution in [2.75, 3.05) is 12.3 Å². The van der Waals surface area contributed by atoms with Crippen LogP contribution < -0.4 is 5.73 Å². The van der Waals surface area contributed by atoms with Gasteiger partial charge in [-0.25, -0.2) is 0 Å². The number of nitrogens with two attached hydrogens (primary N) is 1. The van der Waals surface area contributed by atoms with Gasteiger partial charge in [-0.2, -0.15) is 0 Å². The molecule has 2 N–H and O–H groups in total. The van der Waals surface area contributed by atoms with Gasteiger partial charge in [0.25, 0.3) is 0 Å². The van der Waals surface area contributed by atoms with Gasteiger partial charge in [-0.15, -0.1) is 11.8 Å². The van der Waals surface area contributed by atoms with Crippen molar-refractivity contribution in [3.63, 3.8) is 0 Å². The Kier molecular flexibility index (Phi) is 3.07. The molecule has 0 spiro atoms. The van der Waals surface area contributed by atoms with E-state index in [2.05, 4.69) is 42.5 Å². The van der Waals surface area contributed by atoms with E-state index in [1.807, 2.05) is 11.8 Å². The first-order valence-electron chi connectivity index (χ1n) is 4.72. The molecule has 0 fully saturated rings. The normalized spacial score (nSPS) is 10.6. The van der Waals surface area contributed by atoms with E-state index in [0.29, 0.717) is 0 Å². The predicted molar refractivity (Wildman–Crippen MR) is 63.7 cm³/mol. The predicted octanol–water partition coefficient (Wildman–Crippen LogP) is 2.89. The molecule has 2 rings (SSSR count). The lowest BCUT2D eigenvalue weighted by Gasteiger charge is -2.04. The monoisotopic (exact) mass is 203 g/mol. The van der Waals surface area contributed by atoms with Gasteiger partial charge in [0.2, 0.25) is 0 Å². The number of fused-ring (bicyclic) bond motifs is 1. The maximum atomic E-state index is 5.50. The van der Waals surface area contributed by atoms with Crippen molar-refractivity contribution in [1.29, 1.82) is 0 Å². The van der Waals surface area contributed by atoms with Crippen molar-refractivity contribution in [3.8, 4) is 0 Å². The highest BCUT2D eigenvalue weighted by atomic mass is 32.2. The molecule has 0 aliphatic rings. The van der Waals surface area contributed by atoms with E-state index < -0.39 is 0 Å². The topological polar surface area (TPSA) is 26.0 Å². The van der Waals surface area contributed by atoms with Crippen LogP contribution in [0.5, 0.6) is 0 Å². The van der Waals surface area contributed by atoms with Crippen molar-refractivity contribution < 1.29 is 0 Å². The van der Waals surface area contributed by atoms with E-state index in [1.54, 1.807) is 0 Å². The van der Waals surface area contributed by atoms with Gasteiger partial charge < -0.3 is 5.73 Å². The lowest BCUT2D eigenvalue weighted by molar-refractivity contribution is 1.15. The zero-order valence-corrected chi connectivity index (χ0v) is 8.76. The first-order valence-corrected chi connectivity index (χ1v) is 5.71. The van der Waals surface area contributed by atoms with Crippen LogP contribution in [0.1, 0.15) is 0 Å². The molecule has 72 valence electrons. The third-order valence-electron chi connectivity index (χ3n) is 2.13. The molecule has 0 unspecified atom stereocenters. The largest absolute Gasteiger partial charge is 0.330 e. The van der Waals surface area contributed by atoms with Crippen LogP contribution in [-0.2, 0) is 0 Å². The highest BCUT2D eigenvalue weighted by molar-refractivity contribution is 7.99. The molecule has 0 radical (unpaired) electrons. The Morgan fingerprint density at radius 1 is 1.00 bits per heavy atom. The Hall–Kier alpha value is -0.990. The molecule has 0 heterocycles. The maximum Gasteiger partial charge on any atom is 0.0151 e. The molecule has 0 atom stereocenters. The van der Waals surface area contributed by atoms with Crippen molar-refractivity contribution in [1.82, 2.24) is 0 Å². The average molecular weight is 203 g/mol. The van der Waals surface area contributed by atoms with Crippen LogP contribution >= 0.6 is 11.8 Å². The van der Waals surface area contributed by atoms with Crippen LogP contribution in [0.25, 0.3) is 10.8 Å². The van der Waals surface area contributed by atoms with Crippen LogP contribution in [0, 0.1) is 0 Å². The average Bonchev–Trinajstić information content (AvgIpc) is 2.26. The third-order valence-corrected chi connectivity index (χ3v) is 3.23. The third kappa shape index (κ3) is 1.91. The maximum absolute atomic E-state index is 5.50. The number of hydrogen-bond acceptors (Lipinski definition) is 2. The summed E-state index contributed by atoms with van der Waals surface area (Å²) in [5, 5.41) is 2.63. The summed E-state index contributed by atoms with van der Waals surface area (Å²) in [6.45, 7) is 0.730. The Morgan fingerprint density at radius 2 is 1.79 bits per heavy atom. The standard InChI is InChI=1S/C12H13NS/c13-8-9-14-12-7-3-5-10-4-1-2-6-11(10)12/h1-7H,8-9,13H2. The molecule has 0 saturated heterocycles. The SMILES string of the molecule is NCCSc1cccc2ccccc12. The summed E-state index contributed by atoms with van der Waals surface area (Å²) in [5.41, 5.74) is 5.50. The molecule has 2 heteroatoms. The molecular weight excluding hydrogens is 190 g/mol. The van der Waals surface area contributed by atoms with Crippen molar-refractivity contribution in [2.24, 2.45) is 5.73 Å². The van der Waals surface area contributed by atoms with E-state index >= 15 is 0 Å². The van der Waals surface area contributed by atoms with Crippen molar-refractivity contribution >= 4 is 22.5 Å². The quantitative estimate of drug-likeness (QED) is 0.776. The van der Waals surface area contributed by atoms with Gasteiger partial charge >= 0.3 is 0 Å². The molecule has 14 heavy (non-hydrogen) atoms. The number of thioether (sulfide) groups is 1. The highest BCUT2D eigenvalue weighted by Crippen LogP contribution is 2.27. The van der Waals surface area contributed by atoms with E-state index in [-0.39, 0.29) is 0 Å². The number of hydrogen-bond donors (Lipinski definition) is 1. The van der Waals surface area contributed by atoms with Crippen LogP contribution in [0.15, 0.2) is 47.4 Å². The van der Waals surface area contributed by atoms with Gasteiger partial charge in [0.1, 0.15) is 0 Å². The van der Waals surface area contributed by atoms with Gasteiger partial charge in [-0.1, -0.05) is 36.4 Å². The molecule has 0 aliphatic carbocycles. The van der Waals surface area contributed by atoms with Crippen LogP contribution in [-0.4, -0.2) is 12.3 Å². The van der Waals surface area contributed by atoms with E-state index in [1.165, 1.54) is 15.7 Å². The Bertz CT molecular complexity index is 420. The summed E-state index contributed by atoms with van der Waals surface area (Å²) >= 11 is 1.82. The highest BCUT2D eigenvalue weighted by Gasteiger charge is 1.99. The van der Waals surface area contributed by atoms with Crippen LogP contribution in [0.2, 0.25) is 0 Å². The fourth-order valence-corrected chi connectivity index (χ4v) is 2.34. The second-order valence-corrected chi connectivity index (χ2v) is 4.25. The van der Waals surface area contributed by atoms with Gasteiger partial charge in [-0.3, -0.25) is 0 Å². The number of rotatable bonds is 3. The van der Waals surface area contributed by atoms with Gasteiger partial charge in [0.15, 0.2) is 0 Å². The first-order chi connectivity index (χ1) is 6.92. The van der Waals surface area contributed by atoms with Crippen molar-refractivity contribution in [2.45, 2.75) is 4.90 Å². The first kappa shape index (κ1) is 9.56. The summed E-state index contributed by atoms with van der Waals surface area (Å²) in [4.78, 5) is 1.33. The van der Waals surface area contributed by atoms with E-state index in [0.717, 1.165) is 12.3 Å². The molecular formula is C12H13NS. The van der Waals surface area contributed by atoms with Crippen LogP contribution in [0.4, 0.5) is 0 Å². The van der Waals surface area contributed by atoms with Crippen molar-refractivity contribution in [3.05, 3.63) is 42.5 Å². The lowest BCUT2D eigenvalue weighted by atomic mass is 10.1. The fraction of sp³-hybridized carbons (Fsp3) is 0.167. The molecule has 0 aromatic heterocycles. The second-order valence-electron chi connectivity index (χ2n) is 3.11. The minimum absolute atomic E-state index is 0.730. The molecule has 2 aromatic rings. The lowest BCUT2D eigenvalue weighted by Crippen LogP contribution is -2.00. The molecule has 0 aliphatic heterocycles. The van der Waals surface area contributed by atoms with Crippen LogP contribution in [0.3, 0.4) is 0 Å². The smallest absolute Gasteiger partial charge is 0.0151 e. The summed E-state index contributed by atoms with van der Waals surface area (Å²) in [6.07, 6.45) is 0. The molecule has 0 bridgehead atoms. The fourth-order valence-electron chi connectivity index (χ4n) is 1.49. The minimum atomic E-state index is 0.730. The summed E-state index contributed by atoms with van der Waals surface area (Å²) in [7, 11) is 0.